The van der Waals surface area contributed by atoms with E-state index in [-0.39, 0.29) is 11.9 Å². The molecule has 22 heavy (non-hydrogen) atoms. The van der Waals surface area contributed by atoms with Crippen LogP contribution in [0.4, 0.5) is 5.69 Å². The van der Waals surface area contributed by atoms with Gasteiger partial charge in [0.2, 0.25) is 5.91 Å². The molecule has 3 rings (SSSR count). The number of nitrogens with one attached hydrogen (secondary N) is 1. The number of benzene rings is 2. The summed E-state index contributed by atoms with van der Waals surface area (Å²) in [5.41, 5.74) is 1.98. The van der Waals surface area contributed by atoms with E-state index in [1.807, 2.05) is 47.4 Å². The monoisotopic (exact) mass is 314 g/mol. The van der Waals surface area contributed by atoms with Crippen molar-refractivity contribution in [3.05, 3.63) is 65.2 Å². The Labute approximate surface area is 135 Å². The first-order chi connectivity index (χ1) is 10.7. The molecule has 0 aliphatic carbocycles. The molecule has 1 atom stereocenters. The number of amides is 1. The lowest BCUT2D eigenvalue weighted by atomic mass is 10.0. The lowest BCUT2D eigenvalue weighted by Gasteiger charge is -2.33. The minimum absolute atomic E-state index is 0.148. The van der Waals surface area contributed by atoms with E-state index in [0.717, 1.165) is 30.6 Å². The normalized spacial score (nSPS) is 18.3. The number of nitrogens with zero attached hydrogens (tertiary/aromatic N) is 1. The van der Waals surface area contributed by atoms with E-state index >= 15 is 0 Å². The Hall–Kier alpha value is -2.00. The van der Waals surface area contributed by atoms with Crippen LogP contribution in [0.2, 0.25) is 5.02 Å². The number of likely N-dealkylation sites (tertiary alicyclic amines) is 1. The second-order valence-electron chi connectivity index (χ2n) is 5.56. The van der Waals surface area contributed by atoms with Crippen molar-refractivity contribution in [1.82, 2.24) is 4.90 Å². The van der Waals surface area contributed by atoms with Crippen molar-refractivity contribution in [3.63, 3.8) is 0 Å². The average molecular weight is 315 g/mol. The lowest BCUT2D eigenvalue weighted by Crippen LogP contribution is -2.47. The lowest BCUT2D eigenvalue weighted by molar-refractivity contribution is -0.134. The highest BCUT2D eigenvalue weighted by Crippen LogP contribution is 2.24. The molecular formula is C18H19ClN2O. The quantitative estimate of drug-likeness (QED) is 0.927. The van der Waals surface area contributed by atoms with Gasteiger partial charge >= 0.3 is 0 Å². The maximum atomic E-state index is 12.7. The van der Waals surface area contributed by atoms with Crippen LogP contribution >= 0.6 is 11.6 Å². The number of rotatable bonds is 4. The number of carbonyl (C=O) groups excluding carboxylic acids is 1. The van der Waals surface area contributed by atoms with Crippen LogP contribution in [0.25, 0.3) is 0 Å². The molecule has 1 amide bonds. The molecule has 0 spiro atoms. The van der Waals surface area contributed by atoms with Crippen LogP contribution in [-0.2, 0) is 11.3 Å². The summed E-state index contributed by atoms with van der Waals surface area (Å²) in [6.45, 7) is 1.48. The molecule has 114 valence electrons. The van der Waals surface area contributed by atoms with Crippen LogP contribution in [0, 0.1) is 0 Å². The van der Waals surface area contributed by atoms with E-state index < -0.39 is 0 Å². The van der Waals surface area contributed by atoms with Crippen LogP contribution in [0.3, 0.4) is 0 Å². The number of para-hydroxylation sites is 1. The largest absolute Gasteiger partial charge is 0.372 e. The molecule has 0 radical (unpaired) electrons. The number of halogens is 1. The number of hydrogen-bond acceptors (Lipinski definition) is 2. The highest BCUT2D eigenvalue weighted by atomic mass is 35.5. The molecule has 2 aromatic rings. The first-order valence-corrected chi connectivity index (χ1v) is 7.95. The number of piperidine rings is 1. The van der Waals surface area contributed by atoms with Crippen LogP contribution < -0.4 is 5.32 Å². The number of anilines is 1. The average Bonchev–Trinajstić information content (AvgIpc) is 2.54. The summed E-state index contributed by atoms with van der Waals surface area (Å²) in [6.07, 6.45) is 1.84. The van der Waals surface area contributed by atoms with E-state index in [4.69, 9.17) is 11.6 Å². The molecular weight excluding hydrogens is 296 g/mol. The minimum atomic E-state index is -0.197. The zero-order valence-corrected chi connectivity index (χ0v) is 13.1. The SMILES string of the molecule is O=C1C(Nc2ccccc2Cl)CCCN1Cc1ccccc1. The summed E-state index contributed by atoms with van der Waals surface area (Å²) in [5.74, 6) is 0.148. The molecule has 2 aromatic carbocycles. The molecule has 1 unspecified atom stereocenters. The molecule has 0 aromatic heterocycles. The van der Waals surface area contributed by atoms with Crippen LogP contribution in [0.15, 0.2) is 54.6 Å². The van der Waals surface area contributed by atoms with E-state index in [9.17, 15) is 4.79 Å². The Balaban J connectivity index is 1.69. The van der Waals surface area contributed by atoms with Gasteiger partial charge in [-0.2, -0.15) is 0 Å². The molecule has 1 saturated heterocycles. The van der Waals surface area contributed by atoms with Gasteiger partial charge in [0.1, 0.15) is 6.04 Å². The van der Waals surface area contributed by atoms with Crippen molar-refractivity contribution in [1.29, 1.82) is 0 Å². The Morgan fingerprint density at radius 1 is 1.09 bits per heavy atom. The molecule has 1 heterocycles. The molecule has 1 N–H and O–H groups in total. The summed E-state index contributed by atoms with van der Waals surface area (Å²) >= 11 is 6.17. The van der Waals surface area contributed by atoms with Gasteiger partial charge in [-0.05, 0) is 30.5 Å². The van der Waals surface area contributed by atoms with Gasteiger partial charge in [0.25, 0.3) is 0 Å². The first-order valence-electron chi connectivity index (χ1n) is 7.58. The third-order valence-corrected chi connectivity index (χ3v) is 4.28. The highest BCUT2D eigenvalue weighted by Gasteiger charge is 2.28. The summed E-state index contributed by atoms with van der Waals surface area (Å²) in [7, 11) is 0. The summed E-state index contributed by atoms with van der Waals surface area (Å²) < 4.78 is 0. The zero-order valence-electron chi connectivity index (χ0n) is 12.3. The zero-order chi connectivity index (χ0) is 15.4. The van der Waals surface area contributed by atoms with Gasteiger partial charge in [-0.25, -0.2) is 0 Å². The fourth-order valence-corrected chi connectivity index (χ4v) is 2.99. The van der Waals surface area contributed by atoms with Crippen molar-refractivity contribution < 1.29 is 4.79 Å². The fourth-order valence-electron chi connectivity index (χ4n) is 2.80. The molecule has 1 aliphatic rings. The van der Waals surface area contributed by atoms with Crippen molar-refractivity contribution in [2.75, 3.05) is 11.9 Å². The van der Waals surface area contributed by atoms with E-state index in [1.165, 1.54) is 0 Å². The molecule has 0 saturated carbocycles. The van der Waals surface area contributed by atoms with Crippen LogP contribution in [0.5, 0.6) is 0 Å². The fraction of sp³-hybridized carbons (Fsp3) is 0.278. The van der Waals surface area contributed by atoms with Crippen LogP contribution in [-0.4, -0.2) is 23.4 Å². The Morgan fingerprint density at radius 3 is 2.59 bits per heavy atom. The number of hydrogen-bond donors (Lipinski definition) is 1. The van der Waals surface area contributed by atoms with Gasteiger partial charge < -0.3 is 10.2 Å². The smallest absolute Gasteiger partial charge is 0.245 e. The van der Waals surface area contributed by atoms with Crippen molar-refractivity contribution in [3.8, 4) is 0 Å². The van der Waals surface area contributed by atoms with Crippen molar-refractivity contribution in [2.45, 2.75) is 25.4 Å². The van der Waals surface area contributed by atoms with E-state index in [1.54, 1.807) is 0 Å². The Kier molecular flexibility index (Phi) is 4.64. The van der Waals surface area contributed by atoms with Crippen LogP contribution in [0.1, 0.15) is 18.4 Å². The number of carbonyl (C=O) groups is 1. The highest BCUT2D eigenvalue weighted by molar-refractivity contribution is 6.33. The molecule has 1 fully saturated rings. The first kappa shape index (κ1) is 14.9. The topological polar surface area (TPSA) is 32.3 Å². The maximum Gasteiger partial charge on any atom is 0.245 e. The second kappa shape index (κ2) is 6.84. The third-order valence-electron chi connectivity index (χ3n) is 3.95. The Morgan fingerprint density at radius 2 is 1.82 bits per heavy atom. The van der Waals surface area contributed by atoms with Gasteiger partial charge in [-0.1, -0.05) is 54.1 Å². The molecule has 1 aliphatic heterocycles. The minimum Gasteiger partial charge on any atom is -0.372 e. The maximum absolute atomic E-state index is 12.7. The third kappa shape index (κ3) is 3.42. The molecule has 3 nitrogen and oxygen atoms in total. The van der Waals surface area contributed by atoms with Crippen molar-refractivity contribution in [2.24, 2.45) is 0 Å². The van der Waals surface area contributed by atoms with E-state index in [0.29, 0.717) is 11.6 Å². The Bertz CT molecular complexity index is 645. The second-order valence-corrected chi connectivity index (χ2v) is 5.97. The summed E-state index contributed by atoms with van der Waals surface area (Å²) in [6, 6.07) is 17.5. The van der Waals surface area contributed by atoms with Gasteiger partial charge in [0.05, 0.1) is 10.7 Å². The predicted molar refractivity (Wildman–Crippen MR) is 90.0 cm³/mol. The van der Waals surface area contributed by atoms with Gasteiger partial charge in [-0.15, -0.1) is 0 Å². The molecule has 4 heteroatoms. The predicted octanol–water partition coefficient (Wildman–Crippen LogP) is 3.94. The van der Waals surface area contributed by atoms with Gasteiger partial charge in [0.15, 0.2) is 0 Å². The summed E-state index contributed by atoms with van der Waals surface area (Å²) in [5, 5.41) is 3.94. The summed E-state index contributed by atoms with van der Waals surface area (Å²) in [4.78, 5) is 14.6. The van der Waals surface area contributed by atoms with Crippen molar-refractivity contribution >= 4 is 23.2 Å². The van der Waals surface area contributed by atoms with Gasteiger partial charge in [0, 0.05) is 13.1 Å². The van der Waals surface area contributed by atoms with E-state index in [2.05, 4.69) is 17.4 Å². The van der Waals surface area contributed by atoms with Gasteiger partial charge in [-0.3, -0.25) is 4.79 Å². The molecule has 0 bridgehead atoms. The standard InChI is InChI=1S/C18H19ClN2O/c19-15-9-4-5-10-16(15)20-17-11-6-12-21(18(17)22)13-14-7-2-1-3-8-14/h1-5,7-10,17,20H,6,11-13H2.